The van der Waals surface area contributed by atoms with E-state index in [0.29, 0.717) is 12.4 Å². The highest BCUT2D eigenvalue weighted by Crippen LogP contribution is 2.00. The lowest BCUT2D eigenvalue weighted by Gasteiger charge is -1.99. The normalized spacial score (nSPS) is 11.3. The van der Waals surface area contributed by atoms with Crippen LogP contribution in [0.15, 0.2) is 35.5 Å². The highest BCUT2D eigenvalue weighted by atomic mass is 16.6. The van der Waals surface area contributed by atoms with Gasteiger partial charge in [-0.25, -0.2) is 0 Å². The zero-order chi connectivity index (χ0) is 9.52. The highest BCUT2D eigenvalue weighted by Gasteiger charge is 1.90. The summed E-state index contributed by atoms with van der Waals surface area (Å²) < 4.78 is 0. The molecular formula is C10H14N2O. The number of hydrogen-bond acceptors (Lipinski definition) is 2. The second-order valence-corrected chi connectivity index (χ2v) is 2.70. The number of rotatable bonds is 4. The first-order chi connectivity index (χ1) is 6.33. The molecule has 1 aromatic carbocycles. The van der Waals surface area contributed by atoms with Crippen molar-refractivity contribution in [2.45, 2.75) is 20.0 Å². The molecule has 13 heavy (non-hydrogen) atoms. The minimum Gasteiger partial charge on any atom is -0.390 e. The van der Waals surface area contributed by atoms with Gasteiger partial charge >= 0.3 is 0 Å². The molecule has 0 aromatic heterocycles. The fourth-order valence-electron chi connectivity index (χ4n) is 0.829. The van der Waals surface area contributed by atoms with Crippen molar-refractivity contribution < 1.29 is 4.84 Å². The predicted molar refractivity (Wildman–Crippen MR) is 53.1 cm³/mol. The standard InChI is InChI=1S/C10H14N2O/c1-2-10(11)12-13-8-9-6-4-3-5-7-9/h3-7H,2,8H2,1H3,(H2,11,12). The molecule has 0 fully saturated rings. The number of benzene rings is 1. The summed E-state index contributed by atoms with van der Waals surface area (Å²) >= 11 is 0. The second kappa shape index (κ2) is 5.19. The fraction of sp³-hybridized carbons (Fsp3) is 0.300. The van der Waals surface area contributed by atoms with Gasteiger partial charge in [-0.1, -0.05) is 42.4 Å². The van der Waals surface area contributed by atoms with Crippen molar-refractivity contribution in [3.05, 3.63) is 35.9 Å². The van der Waals surface area contributed by atoms with Crippen LogP contribution >= 0.6 is 0 Å². The van der Waals surface area contributed by atoms with E-state index in [9.17, 15) is 0 Å². The first kappa shape index (κ1) is 9.58. The maximum atomic E-state index is 5.46. The number of nitrogens with zero attached hydrogens (tertiary/aromatic N) is 1. The molecule has 0 saturated heterocycles. The molecule has 0 aliphatic heterocycles. The Balaban J connectivity index is 2.36. The molecule has 0 amide bonds. The SMILES string of the molecule is CCC(N)=NOCc1ccccc1. The molecule has 0 aliphatic rings. The van der Waals surface area contributed by atoms with Crippen LogP contribution in [0.25, 0.3) is 0 Å². The van der Waals surface area contributed by atoms with Gasteiger partial charge in [0.25, 0.3) is 0 Å². The molecule has 0 radical (unpaired) electrons. The summed E-state index contributed by atoms with van der Waals surface area (Å²) in [4.78, 5) is 5.04. The molecule has 70 valence electrons. The Morgan fingerprint density at radius 1 is 1.38 bits per heavy atom. The summed E-state index contributed by atoms with van der Waals surface area (Å²) in [5, 5.41) is 3.73. The van der Waals surface area contributed by atoms with E-state index in [1.54, 1.807) is 0 Å². The summed E-state index contributed by atoms with van der Waals surface area (Å²) in [5.74, 6) is 0.524. The summed E-state index contributed by atoms with van der Waals surface area (Å²) in [6.45, 7) is 2.41. The Hall–Kier alpha value is -1.51. The highest BCUT2D eigenvalue weighted by molar-refractivity contribution is 5.79. The van der Waals surface area contributed by atoms with Crippen molar-refractivity contribution in [3.63, 3.8) is 0 Å². The van der Waals surface area contributed by atoms with Crippen molar-refractivity contribution in [2.24, 2.45) is 10.9 Å². The Labute approximate surface area is 78.2 Å². The fourth-order valence-corrected chi connectivity index (χ4v) is 0.829. The molecule has 1 aromatic rings. The molecule has 2 N–H and O–H groups in total. The van der Waals surface area contributed by atoms with Gasteiger partial charge in [0.1, 0.15) is 12.4 Å². The van der Waals surface area contributed by atoms with Gasteiger partial charge in [-0.15, -0.1) is 0 Å². The van der Waals surface area contributed by atoms with Crippen LogP contribution in [0.4, 0.5) is 0 Å². The van der Waals surface area contributed by atoms with Crippen molar-refractivity contribution in [1.29, 1.82) is 0 Å². The third-order valence-corrected chi connectivity index (χ3v) is 1.62. The maximum absolute atomic E-state index is 5.46. The van der Waals surface area contributed by atoms with E-state index in [1.165, 1.54) is 0 Å². The molecule has 3 heteroatoms. The number of hydrogen-bond donors (Lipinski definition) is 1. The summed E-state index contributed by atoms with van der Waals surface area (Å²) in [5.41, 5.74) is 6.55. The Bertz CT molecular complexity index is 270. The Kier molecular flexibility index (Phi) is 3.82. The van der Waals surface area contributed by atoms with E-state index in [2.05, 4.69) is 5.16 Å². The van der Waals surface area contributed by atoms with Crippen LogP contribution in [-0.4, -0.2) is 5.84 Å². The summed E-state index contributed by atoms with van der Waals surface area (Å²) in [6, 6.07) is 9.86. The van der Waals surface area contributed by atoms with Crippen molar-refractivity contribution >= 4 is 5.84 Å². The van der Waals surface area contributed by atoms with Crippen LogP contribution in [0, 0.1) is 0 Å². The molecule has 0 bridgehead atoms. The largest absolute Gasteiger partial charge is 0.390 e. The quantitative estimate of drug-likeness (QED) is 0.435. The lowest BCUT2D eigenvalue weighted by Crippen LogP contribution is -2.09. The average molecular weight is 178 g/mol. The predicted octanol–water partition coefficient (Wildman–Crippen LogP) is 1.89. The van der Waals surface area contributed by atoms with Gasteiger partial charge in [-0.3, -0.25) is 0 Å². The van der Waals surface area contributed by atoms with E-state index in [-0.39, 0.29) is 0 Å². The van der Waals surface area contributed by atoms with Crippen LogP contribution in [0.5, 0.6) is 0 Å². The van der Waals surface area contributed by atoms with Crippen LogP contribution in [0.2, 0.25) is 0 Å². The first-order valence-corrected chi connectivity index (χ1v) is 4.31. The van der Waals surface area contributed by atoms with Crippen molar-refractivity contribution in [1.82, 2.24) is 0 Å². The van der Waals surface area contributed by atoms with E-state index in [4.69, 9.17) is 10.6 Å². The zero-order valence-corrected chi connectivity index (χ0v) is 7.73. The molecule has 0 aliphatic carbocycles. The molecule has 0 heterocycles. The average Bonchev–Trinajstić information content (AvgIpc) is 2.19. The molecule has 0 saturated carbocycles. The van der Waals surface area contributed by atoms with Gasteiger partial charge in [-0.2, -0.15) is 0 Å². The third-order valence-electron chi connectivity index (χ3n) is 1.62. The van der Waals surface area contributed by atoms with Gasteiger partial charge in [0, 0.05) is 6.42 Å². The molecular weight excluding hydrogens is 164 g/mol. The van der Waals surface area contributed by atoms with Crippen LogP contribution in [0.1, 0.15) is 18.9 Å². The number of oxime groups is 1. The number of amidine groups is 1. The number of nitrogens with two attached hydrogens (primary N) is 1. The maximum Gasteiger partial charge on any atom is 0.142 e. The monoisotopic (exact) mass is 178 g/mol. The topological polar surface area (TPSA) is 47.6 Å². The molecule has 1 rings (SSSR count). The molecule has 0 atom stereocenters. The zero-order valence-electron chi connectivity index (χ0n) is 7.73. The molecule has 3 nitrogen and oxygen atoms in total. The van der Waals surface area contributed by atoms with Crippen LogP contribution < -0.4 is 5.73 Å². The smallest absolute Gasteiger partial charge is 0.142 e. The Morgan fingerprint density at radius 2 is 2.08 bits per heavy atom. The lowest BCUT2D eigenvalue weighted by atomic mass is 10.2. The minimum absolute atomic E-state index is 0.474. The van der Waals surface area contributed by atoms with Gasteiger partial charge in [0.05, 0.1) is 0 Å². The van der Waals surface area contributed by atoms with Gasteiger partial charge < -0.3 is 10.6 Å². The first-order valence-electron chi connectivity index (χ1n) is 4.31. The lowest BCUT2D eigenvalue weighted by molar-refractivity contribution is 0.129. The van der Waals surface area contributed by atoms with Crippen LogP contribution in [0.3, 0.4) is 0 Å². The summed E-state index contributed by atoms with van der Waals surface area (Å²) in [6.07, 6.45) is 0.717. The Morgan fingerprint density at radius 3 is 2.69 bits per heavy atom. The van der Waals surface area contributed by atoms with Crippen molar-refractivity contribution in [3.8, 4) is 0 Å². The van der Waals surface area contributed by atoms with Gasteiger partial charge in [0.2, 0.25) is 0 Å². The minimum atomic E-state index is 0.474. The van der Waals surface area contributed by atoms with E-state index < -0.39 is 0 Å². The third kappa shape index (κ3) is 3.60. The van der Waals surface area contributed by atoms with E-state index >= 15 is 0 Å². The van der Waals surface area contributed by atoms with Crippen molar-refractivity contribution in [2.75, 3.05) is 0 Å². The van der Waals surface area contributed by atoms with Crippen LogP contribution in [-0.2, 0) is 11.4 Å². The van der Waals surface area contributed by atoms with Gasteiger partial charge in [0.15, 0.2) is 0 Å². The second-order valence-electron chi connectivity index (χ2n) is 2.70. The summed E-state index contributed by atoms with van der Waals surface area (Å²) in [7, 11) is 0. The van der Waals surface area contributed by atoms with E-state index in [1.807, 2.05) is 37.3 Å². The molecule has 0 spiro atoms. The molecule has 0 unspecified atom stereocenters. The van der Waals surface area contributed by atoms with Gasteiger partial charge in [-0.05, 0) is 5.56 Å². The van der Waals surface area contributed by atoms with E-state index in [0.717, 1.165) is 12.0 Å².